The number of hydrogen-bond donors (Lipinski definition) is 0. The number of carbonyl (C=O) groups is 1. The highest BCUT2D eigenvalue weighted by atomic mass is 35.5. The number of benzene rings is 2. The van der Waals surface area contributed by atoms with E-state index in [1.54, 1.807) is 35.8 Å². The van der Waals surface area contributed by atoms with Crippen molar-refractivity contribution in [2.75, 3.05) is 13.2 Å². The van der Waals surface area contributed by atoms with Crippen LogP contribution >= 0.6 is 34.3 Å². The van der Waals surface area contributed by atoms with Gasteiger partial charge >= 0.3 is 5.97 Å². The number of esters is 1. The van der Waals surface area contributed by atoms with E-state index >= 15 is 0 Å². The Morgan fingerprint density at radius 3 is 2.74 bits per heavy atom. The van der Waals surface area contributed by atoms with E-state index in [0.717, 1.165) is 10.4 Å². The second kappa shape index (κ2) is 11.2. The highest BCUT2D eigenvalue weighted by Gasteiger charge is 2.35. The third-order valence-corrected chi connectivity index (χ3v) is 7.88. The first kappa shape index (κ1) is 25.7. The van der Waals surface area contributed by atoms with Gasteiger partial charge in [-0.3, -0.25) is 9.36 Å². The fourth-order valence-electron chi connectivity index (χ4n) is 4.17. The minimum Gasteiger partial charge on any atom is -0.478 e. The summed E-state index contributed by atoms with van der Waals surface area (Å²) in [7, 11) is 0. The first-order valence-corrected chi connectivity index (χ1v) is 13.7. The number of nitrogens with zero attached hydrogens (tertiary/aromatic N) is 3. The molecule has 3 heterocycles. The van der Waals surface area contributed by atoms with Crippen molar-refractivity contribution in [3.63, 3.8) is 0 Å². The number of rotatable bonds is 7. The molecule has 2 aromatic heterocycles. The molecule has 38 heavy (non-hydrogen) atoms. The van der Waals surface area contributed by atoms with Crippen molar-refractivity contribution in [1.82, 2.24) is 4.57 Å². The van der Waals surface area contributed by atoms with E-state index in [1.165, 1.54) is 22.7 Å². The minimum absolute atomic E-state index is 0.147. The summed E-state index contributed by atoms with van der Waals surface area (Å²) in [5.41, 5.74) is 1.76. The van der Waals surface area contributed by atoms with Gasteiger partial charge in [-0.05, 0) is 42.6 Å². The smallest absolute Gasteiger partial charge is 0.338 e. The maximum atomic E-state index is 13.9. The van der Waals surface area contributed by atoms with E-state index in [4.69, 9.17) is 31.3 Å². The number of hydrogen-bond acceptors (Lipinski definition) is 8. The zero-order valence-corrected chi connectivity index (χ0v) is 22.5. The molecule has 2 aromatic carbocycles. The second-order valence-electron chi connectivity index (χ2n) is 8.08. The highest BCUT2D eigenvalue weighted by Crippen LogP contribution is 2.36. The molecular weight excluding hydrogens is 542 g/mol. The highest BCUT2D eigenvalue weighted by molar-refractivity contribution is 7.10. The van der Waals surface area contributed by atoms with Crippen LogP contribution in [0.4, 0.5) is 0 Å². The van der Waals surface area contributed by atoms with Gasteiger partial charge in [0.25, 0.3) is 5.56 Å². The number of fused-ring (bicyclic) bond motifs is 1. The number of thiophene rings is 1. The Bertz CT molecular complexity index is 1750. The fraction of sp³-hybridized carbons (Fsp3) is 0.143. The molecule has 0 unspecified atom stereocenters. The molecule has 0 fully saturated rings. The van der Waals surface area contributed by atoms with E-state index < -0.39 is 12.0 Å². The van der Waals surface area contributed by atoms with E-state index in [0.29, 0.717) is 36.9 Å². The Hall–Kier alpha value is -3.97. The van der Waals surface area contributed by atoms with Crippen LogP contribution in [-0.4, -0.2) is 23.8 Å². The lowest BCUT2D eigenvalue weighted by molar-refractivity contribution is -0.138. The Kier molecular flexibility index (Phi) is 7.56. The van der Waals surface area contributed by atoms with Crippen LogP contribution in [0.5, 0.6) is 5.75 Å². The van der Waals surface area contributed by atoms with Crippen molar-refractivity contribution in [1.29, 1.82) is 5.26 Å². The standard InChI is InChI=1S/C28H20ClN3O4S2/c1-2-35-27(34)23-24(17-7-4-3-5-8-17)31-28-32(25(23)21-9-6-14-37-21)26(33)22(38-28)16-18-15-19(29)10-11-20(18)36-13-12-30/h3-11,14-16,25H,2,13H2,1H3/b22-16-/t25-/m1/s1. The van der Waals surface area contributed by atoms with Gasteiger partial charge in [0.1, 0.15) is 17.9 Å². The van der Waals surface area contributed by atoms with Gasteiger partial charge < -0.3 is 9.47 Å². The molecule has 5 rings (SSSR count). The number of carbonyl (C=O) groups excluding carboxylic acids is 1. The summed E-state index contributed by atoms with van der Waals surface area (Å²) in [5.74, 6) is -0.0985. The van der Waals surface area contributed by atoms with E-state index in [9.17, 15) is 9.59 Å². The maximum Gasteiger partial charge on any atom is 0.338 e. The Morgan fingerprint density at radius 2 is 2.03 bits per heavy atom. The number of aromatic nitrogens is 1. The van der Waals surface area contributed by atoms with Gasteiger partial charge in [-0.1, -0.05) is 59.3 Å². The lowest BCUT2D eigenvalue weighted by Crippen LogP contribution is -2.39. The van der Waals surface area contributed by atoms with Gasteiger partial charge in [0.2, 0.25) is 0 Å². The SMILES string of the molecule is CCOC(=O)C1=C(c2ccccc2)N=c2s/c(=C\c3cc(Cl)ccc3OCC#N)c(=O)n2[C@@H]1c1cccs1. The van der Waals surface area contributed by atoms with Crippen LogP contribution in [0.2, 0.25) is 5.02 Å². The molecule has 0 saturated carbocycles. The summed E-state index contributed by atoms with van der Waals surface area (Å²) in [6.07, 6.45) is 1.67. The van der Waals surface area contributed by atoms with Crippen LogP contribution in [0.3, 0.4) is 0 Å². The van der Waals surface area contributed by atoms with Crippen LogP contribution in [0.1, 0.15) is 29.0 Å². The maximum absolute atomic E-state index is 13.9. The fourth-order valence-corrected chi connectivity index (χ4v) is 6.17. The first-order chi connectivity index (χ1) is 18.5. The molecule has 0 aliphatic carbocycles. The minimum atomic E-state index is -0.712. The van der Waals surface area contributed by atoms with Crippen LogP contribution in [0, 0.1) is 11.3 Å². The van der Waals surface area contributed by atoms with Crippen molar-refractivity contribution in [3.05, 3.63) is 112 Å². The molecule has 1 aliphatic heterocycles. The molecule has 0 saturated heterocycles. The molecule has 0 radical (unpaired) electrons. The lowest BCUT2D eigenvalue weighted by Gasteiger charge is -2.24. The average molecular weight is 562 g/mol. The quantitative estimate of drug-likeness (QED) is 0.309. The molecule has 0 spiro atoms. The molecule has 0 N–H and O–H groups in total. The molecule has 190 valence electrons. The zero-order chi connectivity index (χ0) is 26.6. The van der Waals surface area contributed by atoms with Crippen molar-refractivity contribution < 1.29 is 14.3 Å². The summed E-state index contributed by atoms with van der Waals surface area (Å²) in [4.78, 5) is 33.3. The zero-order valence-electron chi connectivity index (χ0n) is 20.1. The second-order valence-corrected chi connectivity index (χ2v) is 10.5. The van der Waals surface area contributed by atoms with E-state index in [2.05, 4.69) is 0 Å². The molecular formula is C28H20ClN3O4S2. The third-order valence-electron chi connectivity index (χ3n) is 5.74. The number of thiazole rings is 1. The van der Waals surface area contributed by atoms with Crippen molar-refractivity contribution in [3.8, 4) is 11.8 Å². The summed E-state index contributed by atoms with van der Waals surface area (Å²) in [6, 6.07) is 19.4. The van der Waals surface area contributed by atoms with Crippen LogP contribution in [-0.2, 0) is 9.53 Å². The number of ether oxygens (including phenoxy) is 2. The van der Waals surface area contributed by atoms with Gasteiger partial charge in [-0.15, -0.1) is 11.3 Å². The molecule has 0 amide bonds. The molecule has 7 nitrogen and oxygen atoms in total. The molecule has 1 aliphatic rings. The van der Waals surface area contributed by atoms with Gasteiger partial charge in [0.05, 0.1) is 22.4 Å². The largest absolute Gasteiger partial charge is 0.478 e. The summed E-state index contributed by atoms with van der Waals surface area (Å²) in [5, 5.41) is 11.3. The third kappa shape index (κ3) is 4.94. The van der Waals surface area contributed by atoms with E-state index in [1.807, 2.05) is 53.9 Å². The summed E-state index contributed by atoms with van der Waals surface area (Å²) in [6.45, 7) is 1.78. The Labute approximate surface area is 230 Å². The number of nitriles is 1. The van der Waals surface area contributed by atoms with E-state index in [-0.39, 0.29) is 18.8 Å². The van der Waals surface area contributed by atoms with Gasteiger partial charge in [0.15, 0.2) is 11.4 Å². The Balaban J connectivity index is 1.79. The topological polar surface area (TPSA) is 93.7 Å². The van der Waals surface area contributed by atoms with Gasteiger partial charge in [-0.25, -0.2) is 9.79 Å². The molecule has 1 atom stereocenters. The lowest BCUT2D eigenvalue weighted by atomic mass is 9.97. The predicted molar refractivity (Wildman–Crippen MR) is 148 cm³/mol. The predicted octanol–water partition coefficient (Wildman–Crippen LogP) is 4.55. The van der Waals surface area contributed by atoms with Crippen molar-refractivity contribution >= 4 is 52.0 Å². The molecule has 10 heteroatoms. The normalized spacial score (nSPS) is 15.0. The summed E-state index contributed by atoms with van der Waals surface area (Å²) < 4.78 is 12.9. The van der Waals surface area contributed by atoms with Crippen molar-refractivity contribution in [2.24, 2.45) is 4.99 Å². The summed E-state index contributed by atoms with van der Waals surface area (Å²) >= 11 is 8.88. The van der Waals surface area contributed by atoms with Gasteiger partial charge in [-0.2, -0.15) is 5.26 Å². The van der Waals surface area contributed by atoms with Crippen LogP contribution in [0.15, 0.2) is 81.4 Å². The monoisotopic (exact) mass is 561 g/mol. The van der Waals surface area contributed by atoms with Crippen LogP contribution in [0.25, 0.3) is 11.8 Å². The Morgan fingerprint density at radius 1 is 1.21 bits per heavy atom. The van der Waals surface area contributed by atoms with Crippen molar-refractivity contribution in [2.45, 2.75) is 13.0 Å². The van der Waals surface area contributed by atoms with Crippen LogP contribution < -0.4 is 19.6 Å². The number of halogens is 1. The van der Waals surface area contributed by atoms with Gasteiger partial charge in [0, 0.05) is 21.0 Å². The average Bonchev–Trinajstić information content (AvgIpc) is 3.56. The molecule has 0 bridgehead atoms. The molecule has 4 aromatic rings. The first-order valence-electron chi connectivity index (χ1n) is 11.6.